The Morgan fingerprint density at radius 2 is 2.16 bits per heavy atom. The molecule has 0 spiro atoms. The van der Waals surface area contributed by atoms with Crippen molar-refractivity contribution >= 4 is 29.9 Å². The Bertz CT molecular complexity index is 582. The Hall–Kier alpha value is -1.17. The van der Waals surface area contributed by atoms with Crippen molar-refractivity contribution in [1.29, 1.82) is 0 Å². The number of nitrogens with one attached hydrogen (secondary N) is 1. The van der Waals surface area contributed by atoms with E-state index in [1.807, 2.05) is 11.9 Å². The lowest BCUT2D eigenvalue weighted by Crippen LogP contribution is -2.46. The van der Waals surface area contributed by atoms with Gasteiger partial charge in [-0.1, -0.05) is 25.4 Å². The fourth-order valence-corrected chi connectivity index (χ4v) is 3.08. The molecule has 1 fully saturated rings. The molecular weight excluding hydrogens is 363 g/mol. The molecule has 0 radical (unpaired) electrons. The van der Waals surface area contributed by atoms with Crippen molar-refractivity contribution in [1.82, 2.24) is 10.2 Å². The maximum absolute atomic E-state index is 12.8. The highest BCUT2D eigenvalue weighted by atomic mass is 35.5. The minimum atomic E-state index is -0.0226. The average molecular weight is 391 g/mol. The van der Waals surface area contributed by atoms with Crippen LogP contribution in [0.25, 0.3) is 0 Å². The number of likely N-dealkylation sites (N-methyl/N-ethyl adjacent to an activating group) is 1. The number of methoxy groups -OCH3 is 1. The number of halogens is 2. The Labute approximate surface area is 161 Å². The van der Waals surface area contributed by atoms with Crippen LogP contribution in [0.2, 0.25) is 5.02 Å². The van der Waals surface area contributed by atoms with Crippen LogP contribution in [0.3, 0.4) is 0 Å². The van der Waals surface area contributed by atoms with E-state index in [2.05, 4.69) is 19.2 Å². The molecule has 0 saturated carbocycles. The van der Waals surface area contributed by atoms with Gasteiger partial charge in [0, 0.05) is 24.7 Å². The Morgan fingerprint density at radius 1 is 1.44 bits per heavy atom. The smallest absolute Gasteiger partial charge is 0.254 e. The fourth-order valence-electron chi connectivity index (χ4n) is 2.81. The number of amides is 1. The number of rotatable bonds is 6. The maximum Gasteiger partial charge on any atom is 0.254 e. The van der Waals surface area contributed by atoms with Gasteiger partial charge in [0.15, 0.2) is 11.5 Å². The first kappa shape index (κ1) is 21.9. The van der Waals surface area contributed by atoms with E-state index in [9.17, 15) is 4.79 Å². The molecule has 1 aliphatic heterocycles. The van der Waals surface area contributed by atoms with Crippen LogP contribution in [0.15, 0.2) is 12.1 Å². The summed E-state index contributed by atoms with van der Waals surface area (Å²) in [5.74, 6) is 1.34. The molecule has 142 valence electrons. The number of likely N-dealkylation sites (tertiary alicyclic amines) is 1. The molecule has 1 saturated heterocycles. The molecule has 0 aliphatic carbocycles. The molecule has 1 atom stereocenters. The molecule has 7 heteroatoms. The molecule has 5 nitrogen and oxygen atoms in total. The van der Waals surface area contributed by atoms with Gasteiger partial charge >= 0.3 is 0 Å². The minimum Gasteiger partial charge on any atom is -0.493 e. The van der Waals surface area contributed by atoms with Crippen LogP contribution in [0.1, 0.15) is 37.0 Å². The number of ether oxygens (including phenoxy) is 2. The van der Waals surface area contributed by atoms with Crippen molar-refractivity contribution < 1.29 is 14.3 Å². The van der Waals surface area contributed by atoms with Crippen molar-refractivity contribution in [2.24, 2.45) is 5.92 Å². The van der Waals surface area contributed by atoms with Gasteiger partial charge in [-0.25, -0.2) is 0 Å². The predicted molar refractivity (Wildman–Crippen MR) is 104 cm³/mol. The number of hydrogen-bond acceptors (Lipinski definition) is 4. The average Bonchev–Trinajstić information content (AvgIpc) is 2.59. The molecule has 25 heavy (non-hydrogen) atoms. The summed E-state index contributed by atoms with van der Waals surface area (Å²) in [7, 11) is 3.49. The lowest BCUT2D eigenvalue weighted by Gasteiger charge is -2.32. The Kier molecular flexibility index (Phi) is 8.83. The third-order valence-corrected chi connectivity index (χ3v) is 4.44. The first-order chi connectivity index (χ1) is 11.5. The number of carbonyl (C=O) groups excluding carboxylic acids is 1. The molecule has 0 aromatic heterocycles. The Balaban J connectivity index is 0.00000312. The predicted octanol–water partition coefficient (Wildman–Crippen LogP) is 3.63. The third kappa shape index (κ3) is 5.66. The van der Waals surface area contributed by atoms with Crippen molar-refractivity contribution in [2.45, 2.75) is 32.7 Å². The number of piperidine rings is 1. The number of carbonyl (C=O) groups is 1. The summed E-state index contributed by atoms with van der Waals surface area (Å²) in [5, 5.41) is 3.65. The Morgan fingerprint density at radius 3 is 2.76 bits per heavy atom. The summed E-state index contributed by atoms with van der Waals surface area (Å²) in [6.45, 7) is 6.14. The van der Waals surface area contributed by atoms with Crippen molar-refractivity contribution in [3.05, 3.63) is 22.7 Å². The van der Waals surface area contributed by atoms with E-state index in [1.165, 1.54) is 0 Å². The molecule has 1 aliphatic rings. The number of hydrogen-bond donors (Lipinski definition) is 1. The zero-order chi connectivity index (χ0) is 17.7. The summed E-state index contributed by atoms with van der Waals surface area (Å²) < 4.78 is 11.1. The molecule has 2 rings (SSSR count). The number of benzene rings is 1. The van der Waals surface area contributed by atoms with Gasteiger partial charge in [0.1, 0.15) is 0 Å². The van der Waals surface area contributed by atoms with E-state index >= 15 is 0 Å². The van der Waals surface area contributed by atoms with Crippen LogP contribution in [0.5, 0.6) is 11.5 Å². The number of nitrogens with zero attached hydrogens (tertiary/aromatic N) is 1. The van der Waals surface area contributed by atoms with E-state index in [4.69, 9.17) is 21.1 Å². The normalized spacial score (nSPS) is 17.2. The zero-order valence-electron chi connectivity index (χ0n) is 15.3. The molecule has 0 bridgehead atoms. The first-order valence-corrected chi connectivity index (χ1v) is 8.81. The fraction of sp³-hybridized carbons (Fsp3) is 0.611. The van der Waals surface area contributed by atoms with Crippen LogP contribution in [0, 0.1) is 5.92 Å². The highest BCUT2D eigenvalue weighted by Crippen LogP contribution is 2.37. The molecule has 1 unspecified atom stereocenters. The standard InChI is InChI=1S/C18H27ClN2O3.ClH/c1-12(2)11-24-17-15(19)8-13(9-16(17)23-4)18(22)21-7-5-6-14(10-21)20-3;/h8-9,12,14,20H,5-7,10-11H2,1-4H3;1H. The molecule has 1 amide bonds. The summed E-state index contributed by atoms with van der Waals surface area (Å²) in [6, 6.07) is 3.73. The van der Waals surface area contributed by atoms with E-state index in [0.29, 0.717) is 47.2 Å². The second-order valence-electron chi connectivity index (χ2n) is 6.57. The zero-order valence-corrected chi connectivity index (χ0v) is 16.9. The molecule has 1 heterocycles. The van der Waals surface area contributed by atoms with Crippen molar-refractivity contribution in [2.75, 3.05) is 33.9 Å². The minimum absolute atomic E-state index is 0. The summed E-state index contributed by atoms with van der Waals surface area (Å²) in [6.07, 6.45) is 2.09. The van der Waals surface area contributed by atoms with Gasteiger partial charge in [0.2, 0.25) is 0 Å². The van der Waals surface area contributed by atoms with Gasteiger partial charge in [0.25, 0.3) is 5.91 Å². The SMILES string of the molecule is CNC1CCCN(C(=O)c2cc(Cl)c(OCC(C)C)c(OC)c2)C1.Cl. The monoisotopic (exact) mass is 390 g/mol. The van der Waals surface area contributed by atoms with Gasteiger partial charge in [-0.15, -0.1) is 12.4 Å². The summed E-state index contributed by atoms with van der Waals surface area (Å²) in [5.41, 5.74) is 0.533. The van der Waals surface area contributed by atoms with Crippen LogP contribution in [-0.4, -0.2) is 50.7 Å². The first-order valence-electron chi connectivity index (χ1n) is 8.43. The molecule has 1 aromatic carbocycles. The lowest BCUT2D eigenvalue weighted by atomic mass is 10.0. The molecule has 1 aromatic rings. The van der Waals surface area contributed by atoms with Gasteiger partial charge < -0.3 is 19.7 Å². The van der Waals surface area contributed by atoms with Gasteiger partial charge in [-0.2, -0.15) is 0 Å². The van der Waals surface area contributed by atoms with Gasteiger partial charge in [-0.3, -0.25) is 4.79 Å². The summed E-state index contributed by atoms with van der Waals surface area (Å²) in [4.78, 5) is 14.7. The van der Waals surface area contributed by atoms with Gasteiger partial charge in [0.05, 0.1) is 18.7 Å². The van der Waals surface area contributed by atoms with Crippen LogP contribution >= 0.6 is 24.0 Å². The quantitative estimate of drug-likeness (QED) is 0.805. The lowest BCUT2D eigenvalue weighted by molar-refractivity contribution is 0.0697. The largest absolute Gasteiger partial charge is 0.493 e. The second-order valence-corrected chi connectivity index (χ2v) is 6.98. The highest BCUT2D eigenvalue weighted by Gasteiger charge is 2.25. The van der Waals surface area contributed by atoms with E-state index in [-0.39, 0.29) is 18.3 Å². The van der Waals surface area contributed by atoms with E-state index in [0.717, 1.165) is 19.4 Å². The maximum atomic E-state index is 12.8. The van der Waals surface area contributed by atoms with E-state index < -0.39 is 0 Å². The summed E-state index contributed by atoms with van der Waals surface area (Å²) >= 11 is 6.35. The van der Waals surface area contributed by atoms with Crippen LogP contribution in [-0.2, 0) is 0 Å². The highest BCUT2D eigenvalue weighted by molar-refractivity contribution is 6.32. The molecule has 1 N–H and O–H groups in total. The van der Waals surface area contributed by atoms with Crippen LogP contribution < -0.4 is 14.8 Å². The van der Waals surface area contributed by atoms with Gasteiger partial charge in [-0.05, 0) is 37.9 Å². The van der Waals surface area contributed by atoms with Crippen molar-refractivity contribution in [3.63, 3.8) is 0 Å². The van der Waals surface area contributed by atoms with Crippen molar-refractivity contribution in [3.8, 4) is 11.5 Å². The topological polar surface area (TPSA) is 50.8 Å². The van der Waals surface area contributed by atoms with E-state index in [1.54, 1.807) is 19.2 Å². The second kappa shape index (κ2) is 10.1. The van der Waals surface area contributed by atoms with Crippen LogP contribution in [0.4, 0.5) is 0 Å². The third-order valence-electron chi connectivity index (χ3n) is 4.15. The molecular formula is C18H28Cl2N2O3.